The summed E-state index contributed by atoms with van der Waals surface area (Å²) in [7, 11) is 0. The monoisotopic (exact) mass is 411 g/mol. The van der Waals surface area contributed by atoms with Crippen molar-refractivity contribution in [3.05, 3.63) is 24.0 Å². The van der Waals surface area contributed by atoms with Gasteiger partial charge in [-0.05, 0) is 63.6 Å². The fourth-order valence-corrected chi connectivity index (χ4v) is 5.43. The quantitative estimate of drug-likeness (QED) is 0.764. The Hall–Kier alpha value is -2.12. The molecule has 1 saturated heterocycles. The summed E-state index contributed by atoms with van der Waals surface area (Å²) in [5, 5.41) is 4.57. The zero-order valence-corrected chi connectivity index (χ0v) is 17.9. The van der Waals surface area contributed by atoms with Gasteiger partial charge in [-0.3, -0.25) is 4.79 Å². The molecule has 3 aliphatic rings. The standard InChI is InChI=1S/C23H33N5O2/c1-2-24-12-16-5-7-17(8-6-16)28-15-27(14-18-4-3-11-30-18)23(29)20-13-26-22-19(21(20)28)9-10-25-22/h9-10,13,16-18,24H,2-8,11-12,14-15H2,1H3,(H,25,26)/t16-,17-,18?. The van der Waals surface area contributed by atoms with Gasteiger partial charge in [-0.25, -0.2) is 4.98 Å². The summed E-state index contributed by atoms with van der Waals surface area (Å²) in [6, 6.07) is 2.52. The van der Waals surface area contributed by atoms with Crippen LogP contribution in [0.15, 0.2) is 18.5 Å². The molecule has 0 spiro atoms. The van der Waals surface area contributed by atoms with Crippen molar-refractivity contribution in [2.75, 3.05) is 37.8 Å². The molecule has 7 nitrogen and oxygen atoms in total. The number of H-pyrrole nitrogens is 1. The van der Waals surface area contributed by atoms with E-state index in [2.05, 4.69) is 33.2 Å². The van der Waals surface area contributed by atoms with Gasteiger partial charge >= 0.3 is 0 Å². The van der Waals surface area contributed by atoms with Gasteiger partial charge in [-0.1, -0.05) is 6.92 Å². The number of hydrogen-bond acceptors (Lipinski definition) is 5. The molecule has 2 aromatic rings. The summed E-state index contributed by atoms with van der Waals surface area (Å²) in [6.07, 6.45) is 10.8. The fourth-order valence-electron chi connectivity index (χ4n) is 5.43. The minimum absolute atomic E-state index is 0.0909. The van der Waals surface area contributed by atoms with Crippen molar-refractivity contribution in [1.29, 1.82) is 0 Å². The van der Waals surface area contributed by atoms with Gasteiger partial charge in [0.2, 0.25) is 0 Å². The lowest BCUT2D eigenvalue weighted by molar-refractivity contribution is 0.0500. The minimum Gasteiger partial charge on any atom is -0.376 e. The summed E-state index contributed by atoms with van der Waals surface area (Å²) in [6.45, 7) is 6.47. The third-order valence-electron chi connectivity index (χ3n) is 7.07. The lowest BCUT2D eigenvalue weighted by atomic mass is 9.84. The van der Waals surface area contributed by atoms with Crippen LogP contribution in [0, 0.1) is 5.92 Å². The molecule has 162 valence electrons. The van der Waals surface area contributed by atoms with E-state index in [0.29, 0.717) is 19.3 Å². The number of amides is 1. The highest BCUT2D eigenvalue weighted by molar-refractivity contribution is 6.08. The van der Waals surface area contributed by atoms with Gasteiger partial charge in [0.1, 0.15) is 5.65 Å². The molecule has 7 heteroatoms. The second kappa shape index (κ2) is 8.55. The first kappa shape index (κ1) is 19.8. The Kier molecular flexibility index (Phi) is 5.65. The number of hydrogen-bond donors (Lipinski definition) is 2. The van der Waals surface area contributed by atoms with E-state index in [9.17, 15) is 4.79 Å². The Bertz CT molecular complexity index is 883. The van der Waals surface area contributed by atoms with Gasteiger partial charge < -0.3 is 24.8 Å². The predicted octanol–water partition coefficient (Wildman–Crippen LogP) is 3.13. The van der Waals surface area contributed by atoms with Crippen LogP contribution in [0.3, 0.4) is 0 Å². The molecule has 0 radical (unpaired) electrons. The largest absolute Gasteiger partial charge is 0.376 e. The average Bonchev–Trinajstić information content (AvgIpc) is 3.46. The normalized spacial score (nSPS) is 27.1. The van der Waals surface area contributed by atoms with E-state index in [1.165, 1.54) is 25.7 Å². The maximum atomic E-state index is 13.4. The number of nitrogens with zero attached hydrogens (tertiary/aromatic N) is 3. The van der Waals surface area contributed by atoms with E-state index in [1.807, 2.05) is 11.1 Å². The van der Waals surface area contributed by atoms with Crippen LogP contribution in [0.2, 0.25) is 0 Å². The van der Waals surface area contributed by atoms with Crippen molar-refractivity contribution >= 4 is 22.6 Å². The number of aromatic amines is 1. The summed E-state index contributed by atoms with van der Waals surface area (Å²) in [4.78, 5) is 25.6. The van der Waals surface area contributed by atoms with Crippen molar-refractivity contribution in [2.24, 2.45) is 5.92 Å². The first-order valence-corrected chi connectivity index (χ1v) is 11.6. The zero-order chi connectivity index (χ0) is 20.5. The Labute approximate surface area is 178 Å². The third kappa shape index (κ3) is 3.69. The summed E-state index contributed by atoms with van der Waals surface area (Å²) in [5.41, 5.74) is 2.67. The molecule has 1 saturated carbocycles. The number of ether oxygens (including phenoxy) is 1. The second-order valence-electron chi connectivity index (χ2n) is 9.02. The SMILES string of the molecule is CCNC[C@H]1CC[C@H](N2CN(CC3CCCO3)C(=O)c3cnc4[nH]ccc4c32)CC1. The molecule has 1 amide bonds. The molecule has 5 rings (SSSR count). The molecule has 2 aromatic heterocycles. The van der Waals surface area contributed by atoms with Crippen LogP contribution in [-0.2, 0) is 4.74 Å². The lowest BCUT2D eigenvalue weighted by Crippen LogP contribution is -2.53. The van der Waals surface area contributed by atoms with E-state index < -0.39 is 0 Å². The Balaban J connectivity index is 1.42. The van der Waals surface area contributed by atoms with Gasteiger partial charge in [0.15, 0.2) is 0 Å². The van der Waals surface area contributed by atoms with E-state index in [4.69, 9.17) is 4.74 Å². The third-order valence-corrected chi connectivity index (χ3v) is 7.07. The van der Waals surface area contributed by atoms with Crippen LogP contribution in [0.1, 0.15) is 55.8 Å². The fraction of sp³-hybridized carbons (Fsp3) is 0.652. The predicted molar refractivity (Wildman–Crippen MR) is 118 cm³/mol. The summed E-state index contributed by atoms with van der Waals surface area (Å²) >= 11 is 0. The molecule has 4 heterocycles. The number of carbonyl (C=O) groups is 1. The Morgan fingerprint density at radius 3 is 2.90 bits per heavy atom. The molecular formula is C23H33N5O2. The highest BCUT2D eigenvalue weighted by Crippen LogP contribution is 2.39. The van der Waals surface area contributed by atoms with Crippen LogP contribution < -0.4 is 10.2 Å². The van der Waals surface area contributed by atoms with Crippen LogP contribution in [0.25, 0.3) is 11.0 Å². The smallest absolute Gasteiger partial charge is 0.259 e. The Morgan fingerprint density at radius 1 is 1.27 bits per heavy atom. The number of carbonyl (C=O) groups excluding carboxylic acids is 1. The van der Waals surface area contributed by atoms with E-state index >= 15 is 0 Å². The maximum absolute atomic E-state index is 13.4. The van der Waals surface area contributed by atoms with Crippen LogP contribution >= 0.6 is 0 Å². The molecule has 2 aliphatic heterocycles. The number of rotatable bonds is 6. The minimum atomic E-state index is 0.0909. The van der Waals surface area contributed by atoms with Crippen molar-refractivity contribution < 1.29 is 9.53 Å². The van der Waals surface area contributed by atoms with Gasteiger partial charge in [-0.2, -0.15) is 0 Å². The van der Waals surface area contributed by atoms with Crippen LogP contribution in [-0.4, -0.2) is 65.8 Å². The molecular weight excluding hydrogens is 378 g/mol. The second-order valence-corrected chi connectivity index (χ2v) is 9.02. The number of fused-ring (bicyclic) bond motifs is 3. The van der Waals surface area contributed by atoms with Gasteiger partial charge in [-0.15, -0.1) is 0 Å². The van der Waals surface area contributed by atoms with Crippen molar-refractivity contribution in [3.8, 4) is 0 Å². The molecule has 1 aliphatic carbocycles. The van der Waals surface area contributed by atoms with Gasteiger partial charge in [0.25, 0.3) is 5.91 Å². The van der Waals surface area contributed by atoms with Gasteiger partial charge in [0.05, 0.1) is 24.0 Å². The molecule has 1 atom stereocenters. The number of nitrogens with one attached hydrogen (secondary N) is 2. The summed E-state index contributed by atoms with van der Waals surface area (Å²) in [5.74, 6) is 0.855. The van der Waals surface area contributed by atoms with Crippen LogP contribution in [0.4, 0.5) is 5.69 Å². The highest BCUT2D eigenvalue weighted by Gasteiger charge is 2.37. The molecule has 2 fully saturated rings. The highest BCUT2D eigenvalue weighted by atomic mass is 16.5. The summed E-state index contributed by atoms with van der Waals surface area (Å²) < 4.78 is 5.84. The zero-order valence-electron chi connectivity index (χ0n) is 17.9. The van der Waals surface area contributed by atoms with E-state index in [-0.39, 0.29) is 12.0 Å². The van der Waals surface area contributed by atoms with Crippen molar-refractivity contribution in [2.45, 2.75) is 57.6 Å². The average molecular weight is 412 g/mol. The van der Waals surface area contributed by atoms with E-state index in [1.54, 1.807) is 6.20 Å². The molecule has 2 N–H and O–H groups in total. The van der Waals surface area contributed by atoms with Crippen LogP contribution in [0.5, 0.6) is 0 Å². The maximum Gasteiger partial charge on any atom is 0.259 e. The first-order valence-electron chi connectivity index (χ1n) is 11.6. The Morgan fingerprint density at radius 2 is 2.13 bits per heavy atom. The number of pyridine rings is 1. The van der Waals surface area contributed by atoms with Crippen molar-refractivity contribution in [3.63, 3.8) is 0 Å². The molecule has 1 unspecified atom stereocenters. The lowest BCUT2D eigenvalue weighted by Gasteiger charge is -2.45. The topological polar surface area (TPSA) is 73.5 Å². The molecule has 0 bridgehead atoms. The number of aromatic nitrogens is 2. The first-order chi connectivity index (χ1) is 14.7. The number of anilines is 1. The molecule has 0 aromatic carbocycles. The molecule has 30 heavy (non-hydrogen) atoms. The van der Waals surface area contributed by atoms with E-state index in [0.717, 1.165) is 60.7 Å². The van der Waals surface area contributed by atoms with Crippen molar-refractivity contribution in [1.82, 2.24) is 20.2 Å². The van der Waals surface area contributed by atoms with Gasteiger partial charge in [0, 0.05) is 37.0 Å².